The maximum Gasteiger partial charge on any atom is 0.253 e. The molecular weight excluding hydrogens is 247 g/mol. The van der Waals surface area contributed by atoms with Gasteiger partial charge in [0.1, 0.15) is 5.82 Å². The Labute approximate surface area is 110 Å². The third-order valence-corrected chi connectivity index (χ3v) is 3.04. The minimum atomic E-state index is -0.489. The molecule has 19 heavy (non-hydrogen) atoms. The number of benzene rings is 1. The van der Waals surface area contributed by atoms with Crippen molar-refractivity contribution in [2.24, 2.45) is 7.05 Å². The molecule has 0 aliphatic carbocycles. The van der Waals surface area contributed by atoms with Crippen molar-refractivity contribution in [2.75, 3.05) is 5.73 Å². The van der Waals surface area contributed by atoms with Crippen molar-refractivity contribution in [1.82, 2.24) is 15.1 Å². The molecule has 0 fully saturated rings. The summed E-state index contributed by atoms with van der Waals surface area (Å²) in [4.78, 5) is 11.9. The molecule has 6 heteroatoms. The number of aromatic nitrogens is 2. The molecule has 1 aromatic heterocycles. The van der Waals surface area contributed by atoms with E-state index in [0.717, 1.165) is 17.3 Å². The molecule has 1 amide bonds. The Morgan fingerprint density at radius 2 is 2.26 bits per heavy atom. The summed E-state index contributed by atoms with van der Waals surface area (Å²) in [5, 5.41) is 6.78. The summed E-state index contributed by atoms with van der Waals surface area (Å²) in [6.07, 6.45) is 1.69. The molecule has 0 aliphatic heterocycles. The number of hydrogen-bond donors (Lipinski definition) is 2. The van der Waals surface area contributed by atoms with Crippen molar-refractivity contribution in [3.8, 4) is 0 Å². The number of rotatable bonds is 3. The van der Waals surface area contributed by atoms with Gasteiger partial charge in [0.05, 0.1) is 11.8 Å². The van der Waals surface area contributed by atoms with Gasteiger partial charge in [-0.25, -0.2) is 4.39 Å². The van der Waals surface area contributed by atoms with E-state index in [1.807, 2.05) is 14.0 Å². The molecule has 0 saturated carbocycles. The molecule has 1 aromatic carbocycles. The zero-order chi connectivity index (χ0) is 14.0. The summed E-state index contributed by atoms with van der Waals surface area (Å²) in [5.74, 6) is -0.892. The van der Waals surface area contributed by atoms with E-state index in [2.05, 4.69) is 10.4 Å². The van der Waals surface area contributed by atoms with Gasteiger partial charge in [-0.2, -0.15) is 5.10 Å². The Bertz CT molecular complexity index is 621. The molecule has 100 valence electrons. The number of nitrogen functional groups attached to an aromatic ring is 1. The van der Waals surface area contributed by atoms with Crippen LogP contribution in [0.4, 0.5) is 10.1 Å². The first-order valence-corrected chi connectivity index (χ1v) is 5.79. The number of carbonyl (C=O) groups excluding carboxylic acids is 1. The van der Waals surface area contributed by atoms with E-state index in [9.17, 15) is 9.18 Å². The van der Waals surface area contributed by atoms with Gasteiger partial charge in [0, 0.05) is 30.5 Å². The first-order chi connectivity index (χ1) is 8.99. The molecule has 0 unspecified atom stereocenters. The molecule has 3 N–H and O–H groups in total. The van der Waals surface area contributed by atoms with E-state index in [0.29, 0.717) is 6.54 Å². The van der Waals surface area contributed by atoms with Gasteiger partial charge in [0.2, 0.25) is 0 Å². The molecule has 0 saturated heterocycles. The number of hydrogen-bond acceptors (Lipinski definition) is 3. The highest BCUT2D eigenvalue weighted by atomic mass is 19.1. The Balaban J connectivity index is 2.09. The Kier molecular flexibility index (Phi) is 3.50. The molecule has 0 radical (unpaired) electrons. The average Bonchev–Trinajstić information content (AvgIpc) is 2.70. The van der Waals surface area contributed by atoms with Crippen LogP contribution >= 0.6 is 0 Å². The predicted octanol–water partition coefficient (Wildman–Crippen LogP) is 1.38. The lowest BCUT2D eigenvalue weighted by Crippen LogP contribution is -2.24. The lowest BCUT2D eigenvalue weighted by atomic mass is 10.1. The van der Waals surface area contributed by atoms with Gasteiger partial charge in [0.15, 0.2) is 0 Å². The molecule has 0 atom stereocenters. The lowest BCUT2D eigenvalue weighted by Gasteiger charge is -2.07. The fourth-order valence-electron chi connectivity index (χ4n) is 1.71. The number of anilines is 1. The fourth-order valence-corrected chi connectivity index (χ4v) is 1.71. The standard InChI is InChI=1S/C13H15FN4O/c1-8-9(7-17-18(8)2)6-16-13(19)11-5-10(14)3-4-12(11)15/h3-5,7H,6,15H2,1-2H3,(H,16,19). The number of amides is 1. The minimum Gasteiger partial charge on any atom is -0.398 e. The summed E-state index contributed by atoms with van der Waals surface area (Å²) in [6.45, 7) is 2.24. The first kappa shape index (κ1) is 13.1. The van der Waals surface area contributed by atoms with E-state index >= 15 is 0 Å². The second-order valence-electron chi connectivity index (χ2n) is 4.29. The van der Waals surface area contributed by atoms with Crippen molar-refractivity contribution in [3.63, 3.8) is 0 Å². The number of halogens is 1. The molecule has 2 rings (SSSR count). The molecule has 5 nitrogen and oxygen atoms in total. The van der Waals surface area contributed by atoms with Crippen LogP contribution in [0.2, 0.25) is 0 Å². The summed E-state index contributed by atoms with van der Waals surface area (Å²) < 4.78 is 14.8. The van der Waals surface area contributed by atoms with E-state index in [-0.39, 0.29) is 11.3 Å². The highest BCUT2D eigenvalue weighted by Crippen LogP contribution is 2.13. The monoisotopic (exact) mass is 262 g/mol. The van der Waals surface area contributed by atoms with Crippen molar-refractivity contribution in [3.05, 3.63) is 47.0 Å². The Morgan fingerprint density at radius 1 is 1.53 bits per heavy atom. The molecule has 1 heterocycles. The van der Waals surface area contributed by atoms with E-state index in [1.54, 1.807) is 10.9 Å². The van der Waals surface area contributed by atoms with Gasteiger partial charge < -0.3 is 11.1 Å². The number of nitrogens with one attached hydrogen (secondary N) is 1. The summed E-state index contributed by atoms with van der Waals surface area (Å²) >= 11 is 0. The smallest absolute Gasteiger partial charge is 0.253 e. The van der Waals surface area contributed by atoms with Crippen LogP contribution in [0.1, 0.15) is 21.6 Å². The van der Waals surface area contributed by atoms with Crippen LogP contribution < -0.4 is 11.1 Å². The maximum atomic E-state index is 13.1. The van der Waals surface area contributed by atoms with Crippen molar-refractivity contribution >= 4 is 11.6 Å². The van der Waals surface area contributed by atoms with E-state index < -0.39 is 11.7 Å². The number of carbonyl (C=O) groups is 1. The van der Waals surface area contributed by atoms with Gasteiger partial charge >= 0.3 is 0 Å². The molecular formula is C13H15FN4O. The fraction of sp³-hybridized carbons (Fsp3) is 0.231. The molecule has 0 bridgehead atoms. The van der Waals surface area contributed by atoms with E-state index in [1.165, 1.54) is 12.1 Å². The summed E-state index contributed by atoms with van der Waals surface area (Å²) in [6, 6.07) is 3.72. The van der Waals surface area contributed by atoms with Crippen molar-refractivity contribution in [1.29, 1.82) is 0 Å². The topological polar surface area (TPSA) is 72.9 Å². The minimum absolute atomic E-state index is 0.140. The Morgan fingerprint density at radius 3 is 2.89 bits per heavy atom. The normalized spacial score (nSPS) is 10.5. The second-order valence-corrected chi connectivity index (χ2v) is 4.29. The lowest BCUT2D eigenvalue weighted by molar-refractivity contribution is 0.0951. The van der Waals surface area contributed by atoms with Gasteiger partial charge in [-0.3, -0.25) is 9.48 Å². The van der Waals surface area contributed by atoms with Crippen LogP contribution in [-0.2, 0) is 13.6 Å². The van der Waals surface area contributed by atoms with Gasteiger partial charge in [0.25, 0.3) is 5.91 Å². The number of nitrogens with zero attached hydrogens (tertiary/aromatic N) is 2. The Hall–Kier alpha value is -2.37. The summed E-state index contributed by atoms with van der Waals surface area (Å²) in [5.41, 5.74) is 7.91. The third kappa shape index (κ3) is 2.73. The van der Waals surface area contributed by atoms with Crippen LogP contribution in [-0.4, -0.2) is 15.7 Å². The highest BCUT2D eigenvalue weighted by Gasteiger charge is 2.12. The third-order valence-electron chi connectivity index (χ3n) is 3.04. The van der Waals surface area contributed by atoms with Crippen LogP contribution in [0.15, 0.2) is 24.4 Å². The molecule has 2 aromatic rings. The largest absolute Gasteiger partial charge is 0.398 e. The number of aryl methyl sites for hydroxylation is 1. The van der Waals surface area contributed by atoms with Gasteiger partial charge in [-0.05, 0) is 25.1 Å². The van der Waals surface area contributed by atoms with Crippen molar-refractivity contribution in [2.45, 2.75) is 13.5 Å². The quantitative estimate of drug-likeness (QED) is 0.821. The van der Waals surface area contributed by atoms with Gasteiger partial charge in [-0.1, -0.05) is 0 Å². The SMILES string of the molecule is Cc1c(CNC(=O)c2cc(F)ccc2N)cnn1C. The van der Waals surface area contributed by atoms with Gasteiger partial charge in [-0.15, -0.1) is 0 Å². The number of nitrogens with two attached hydrogens (primary N) is 1. The van der Waals surface area contributed by atoms with Crippen LogP contribution in [0.3, 0.4) is 0 Å². The predicted molar refractivity (Wildman–Crippen MR) is 69.9 cm³/mol. The highest BCUT2D eigenvalue weighted by molar-refractivity contribution is 5.99. The summed E-state index contributed by atoms with van der Waals surface area (Å²) in [7, 11) is 1.82. The van der Waals surface area contributed by atoms with Crippen LogP contribution in [0, 0.1) is 12.7 Å². The van der Waals surface area contributed by atoms with Crippen molar-refractivity contribution < 1.29 is 9.18 Å². The average molecular weight is 262 g/mol. The van der Waals surface area contributed by atoms with Crippen LogP contribution in [0.5, 0.6) is 0 Å². The molecule has 0 spiro atoms. The second kappa shape index (κ2) is 5.09. The van der Waals surface area contributed by atoms with Crippen LogP contribution in [0.25, 0.3) is 0 Å². The maximum absolute atomic E-state index is 13.1. The zero-order valence-electron chi connectivity index (χ0n) is 10.8. The molecule has 0 aliphatic rings. The zero-order valence-corrected chi connectivity index (χ0v) is 10.8. The van der Waals surface area contributed by atoms with E-state index in [4.69, 9.17) is 5.73 Å². The first-order valence-electron chi connectivity index (χ1n) is 5.79.